The number of nitrogens with zero attached hydrogens (tertiary/aromatic N) is 7. The van der Waals surface area contributed by atoms with Gasteiger partial charge in [-0.25, -0.2) is 4.68 Å². The third-order valence-electron chi connectivity index (χ3n) is 4.94. The molecular weight excluding hydrogens is 290 g/mol. The van der Waals surface area contributed by atoms with Crippen molar-refractivity contribution in [3.05, 3.63) is 22.8 Å². The number of hydrogen-bond acceptors (Lipinski definition) is 5. The molecule has 1 fully saturated rings. The maximum atomic E-state index is 4.59. The van der Waals surface area contributed by atoms with Gasteiger partial charge in [0.25, 0.3) is 0 Å². The van der Waals surface area contributed by atoms with Crippen molar-refractivity contribution < 1.29 is 0 Å². The summed E-state index contributed by atoms with van der Waals surface area (Å²) in [7, 11) is 2.02. The Morgan fingerprint density at radius 2 is 2.09 bits per heavy atom. The molecule has 2 aromatic rings. The molecule has 0 bridgehead atoms. The van der Waals surface area contributed by atoms with E-state index in [1.165, 1.54) is 24.1 Å². The van der Waals surface area contributed by atoms with Crippen LogP contribution in [0.25, 0.3) is 0 Å². The van der Waals surface area contributed by atoms with Crippen LogP contribution in [0.3, 0.4) is 0 Å². The summed E-state index contributed by atoms with van der Waals surface area (Å²) in [6.07, 6.45) is 4.67. The van der Waals surface area contributed by atoms with Gasteiger partial charge in [-0.05, 0) is 50.1 Å². The molecule has 0 amide bonds. The first-order valence-corrected chi connectivity index (χ1v) is 8.61. The van der Waals surface area contributed by atoms with Gasteiger partial charge in [-0.2, -0.15) is 5.10 Å². The van der Waals surface area contributed by atoms with E-state index in [-0.39, 0.29) is 0 Å². The Kier molecular flexibility index (Phi) is 4.75. The molecule has 0 aliphatic carbocycles. The monoisotopic (exact) mass is 317 g/mol. The Hall–Kier alpha value is -1.76. The Morgan fingerprint density at radius 1 is 1.26 bits per heavy atom. The van der Waals surface area contributed by atoms with Crippen LogP contribution in [0.1, 0.15) is 61.4 Å². The molecule has 1 aliphatic rings. The first-order valence-electron chi connectivity index (χ1n) is 8.61. The summed E-state index contributed by atoms with van der Waals surface area (Å²) in [6, 6.07) is 0.431. The molecule has 1 atom stereocenters. The van der Waals surface area contributed by atoms with E-state index in [2.05, 4.69) is 46.3 Å². The SMILES string of the molecule is CCCCn1nnnc1CN1CCC[C@H]1c1c(C)nn(C)c1C. The summed E-state index contributed by atoms with van der Waals surface area (Å²) in [4.78, 5) is 2.51. The fourth-order valence-corrected chi connectivity index (χ4v) is 3.61. The normalized spacial score (nSPS) is 18.9. The summed E-state index contributed by atoms with van der Waals surface area (Å²) >= 11 is 0. The number of unbranched alkanes of at least 4 members (excludes halogenated alkanes) is 1. The van der Waals surface area contributed by atoms with Crippen LogP contribution in [0.4, 0.5) is 0 Å². The summed E-state index contributed by atoms with van der Waals surface area (Å²) in [6.45, 7) is 9.28. The average molecular weight is 317 g/mol. The number of aromatic nitrogens is 6. The van der Waals surface area contributed by atoms with Crippen molar-refractivity contribution in [2.45, 2.75) is 65.6 Å². The second-order valence-electron chi connectivity index (χ2n) is 6.51. The topological polar surface area (TPSA) is 64.7 Å². The van der Waals surface area contributed by atoms with Gasteiger partial charge in [0.15, 0.2) is 5.82 Å². The fraction of sp³-hybridized carbons (Fsp3) is 0.750. The quantitative estimate of drug-likeness (QED) is 0.817. The molecule has 0 unspecified atom stereocenters. The highest BCUT2D eigenvalue weighted by molar-refractivity contribution is 5.29. The van der Waals surface area contributed by atoms with Crippen LogP contribution >= 0.6 is 0 Å². The molecule has 7 heteroatoms. The molecule has 2 aromatic heterocycles. The molecule has 1 aliphatic heterocycles. The van der Waals surface area contributed by atoms with Crippen molar-refractivity contribution >= 4 is 0 Å². The van der Waals surface area contributed by atoms with Crippen molar-refractivity contribution in [3.8, 4) is 0 Å². The Morgan fingerprint density at radius 3 is 2.78 bits per heavy atom. The zero-order valence-electron chi connectivity index (χ0n) is 14.7. The highest BCUT2D eigenvalue weighted by atomic mass is 15.5. The lowest BCUT2D eigenvalue weighted by Crippen LogP contribution is -2.25. The zero-order chi connectivity index (χ0) is 16.4. The average Bonchev–Trinajstić information content (AvgIpc) is 3.20. The van der Waals surface area contributed by atoms with Crippen molar-refractivity contribution in [2.75, 3.05) is 6.54 Å². The molecule has 0 spiro atoms. The summed E-state index contributed by atoms with van der Waals surface area (Å²) in [5, 5.41) is 16.9. The highest BCUT2D eigenvalue weighted by Gasteiger charge is 2.31. The van der Waals surface area contributed by atoms with E-state index in [0.717, 1.165) is 44.0 Å². The molecule has 3 heterocycles. The van der Waals surface area contributed by atoms with Gasteiger partial charge in [-0.1, -0.05) is 13.3 Å². The summed E-state index contributed by atoms with van der Waals surface area (Å²) in [5.74, 6) is 0.976. The second kappa shape index (κ2) is 6.78. The van der Waals surface area contributed by atoms with E-state index in [4.69, 9.17) is 0 Å². The standard InChI is InChI=1S/C16H27N7/c1-5-6-10-23-15(17-19-20-23)11-22-9-7-8-14(22)16-12(2)18-21(4)13(16)3/h14H,5-11H2,1-4H3/t14-/m0/s1. The third kappa shape index (κ3) is 3.15. The first-order chi connectivity index (χ1) is 11.1. The molecule has 1 saturated heterocycles. The van der Waals surface area contributed by atoms with E-state index in [0.29, 0.717) is 6.04 Å². The molecule has 0 aromatic carbocycles. The minimum absolute atomic E-state index is 0.431. The van der Waals surface area contributed by atoms with Gasteiger partial charge in [0, 0.05) is 30.9 Å². The van der Waals surface area contributed by atoms with Crippen LogP contribution in [0.5, 0.6) is 0 Å². The van der Waals surface area contributed by atoms with Crippen LogP contribution in [0, 0.1) is 13.8 Å². The third-order valence-corrected chi connectivity index (χ3v) is 4.94. The molecule has 0 saturated carbocycles. The molecular formula is C16H27N7. The number of tetrazole rings is 1. The Labute approximate surface area is 137 Å². The zero-order valence-corrected chi connectivity index (χ0v) is 14.7. The summed E-state index contributed by atoms with van der Waals surface area (Å²) in [5.41, 5.74) is 3.80. The number of aryl methyl sites for hydroxylation is 3. The maximum Gasteiger partial charge on any atom is 0.165 e. The molecule has 0 radical (unpaired) electrons. The van der Waals surface area contributed by atoms with Gasteiger partial charge in [-0.3, -0.25) is 9.58 Å². The predicted molar refractivity (Wildman–Crippen MR) is 87.8 cm³/mol. The van der Waals surface area contributed by atoms with E-state index in [1.807, 2.05) is 16.4 Å². The van der Waals surface area contributed by atoms with Crippen LogP contribution in [-0.2, 0) is 20.1 Å². The number of hydrogen-bond donors (Lipinski definition) is 0. The Bertz CT molecular complexity index is 657. The smallest absolute Gasteiger partial charge is 0.165 e. The minimum atomic E-state index is 0.431. The number of rotatable bonds is 6. The minimum Gasteiger partial charge on any atom is -0.289 e. The van der Waals surface area contributed by atoms with Crippen molar-refractivity contribution in [3.63, 3.8) is 0 Å². The van der Waals surface area contributed by atoms with Gasteiger partial charge in [0.1, 0.15) is 0 Å². The fourth-order valence-electron chi connectivity index (χ4n) is 3.61. The Balaban J connectivity index is 1.79. The molecule has 23 heavy (non-hydrogen) atoms. The molecule has 126 valence electrons. The second-order valence-corrected chi connectivity index (χ2v) is 6.51. The maximum absolute atomic E-state index is 4.59. The van der Waals surface area contributed by atoms with Gasteiger partial charge in [0.2, 0.25) is 0 Å². The van der Waals surface area contributed by atoms with Crippen molar-refractivity contribution in [1.82, 2.24) is 34.9 Å². The van der Waals surface area contributed by atoms with E-state index in [9.17, 15) is 0 Å². The molecule has 7 nitrogen and oxygen atoms in total. The van der Waals surface area contributed by atoms with Gasteiger partial charge < -0.3 is 0 Å². The van der Waals surface area contributed by atoms with Gasteiger partial charge in [0.05, 0.1) is 12.2 Å². The summed E-state index contributed by atoms with van der Waals surface area (Å²) < 4.78 is 3.95. The van der Waals surface area contributed by atoms with Crippen LogP contribution in [0.2, 0.25) is 0 Å². The van der Waals surface area contributed by atoms with Gasteiger partial charge in [-0.15, -0.1) is 5.10 Å². The van der Waals surface area contributed by atoms with E-state index >= 15 is 0 Å². The predicted octanol–water partition coefficient (Wildman–Crippen LogP) is 2.16. The number of likely N-dealkylation sites (tertiary alicyclic amines) is 1. The van der Waals surface area contributed by atoms with E-state index < -0.39 is 0 Å². The van der Waals surface area contributed by atoms with Crippen LogP contribution in [-0.4, -0.2) is 41.4 Å². The lowest BCUT2D eigenvalue weighted by atomic mass is 10.0. The largest absolute Gasteiger partial charge is 0.289 e. The van der Waals surface area contributed by atoms with Crippen molar-refractivity contribution in [1.29, 1.82) is 0 Å². The first kappa shape index (κ1) is 16.1. The van der Waals surface area contributed by atoms with Crippen LogP contribution < -0.4 is 0 Å². The van der Waals surface area contributed by atoms with Crippen LogP contribution in [0.15, 0.2) is 0 Å². The highest BCUT2D eigenvalue weighted by Crippen LogP contribution is 2.36. The molecule has 0 N–H and O–H groups in total. The lowest BCUT2D eigenvalue weighted by molar-refractivity contribution is 0.235. The van der Waals surface area contributed by atoms with Crippen molar-refractivity contribution in [2.24, 2.45) is 7.05 Å². The molecule has 3 rings (SSSR count). The van der Waals surface area contributed by atoms with Gasteiger partial charge >= 0.3 is 0 Å². The lowest BCUT2D eigenvalue weighted by Gasteiger charge is -2.24. The van der Waals surface area contributed by atoms with E-state index in [1.54, 1.807) is 0 Å².